The Morgan fingerprint density at radius 1 is 0.577 bits per heavy atom. The molecule has 0 bridgehead atoms. The second kappa shape index (κ2) is 5.70. The van der Waals surface area contributed by atoms with Crippen LogP contribution in [0.25, 0.3) is 0 Å². The van der Waals surface area contributed by atoms with Crippen LogP contribution >= 0.6 is 0 Å². The van der Waals surface area contributed by atoms with Crippen molar-refractivity contribution in [1.82, 2.24) is 0 Å². The second-order valence-corrected chi connectivity index (χ2v) is 5.24. The van der Waals surface area contributed by atoms with E-state index < -0.39 is 60.8 Å². The second-order valence-electron chi connectivity index (χ2n) is 5.24. The maximum atomic E-state index is 13.2. The smallest absolute Gasteiger partial charge is 0.373 e. The van der Waals surface area contributed by atoms with E-state index in [9.17, 15) is 65.9 Å². The molecule has 0 saturated carbocycles. The molecule has 0 aromatic carbocycles. The first-order valence-electron chi connectivity index (χ1n) is 6.03. The van der Waals surface area contributed by atoms with E-state index in [-0.39, 0.29) is 0 Å². The zero-order valence-corrected chi connectivity index (χ0v) is 11.6. The number of halogens is 15. The number of epoxide rings is 1. The average molecular weight is 426 g/mol. The van der Waals surface area contributed by atoms with Crippen molar-refractivity contribution in [3.8, 4) is 0 Å². The Labute approximate surface area is 133 Å². The van der Waals surface area contributed by atoms with Crippen molar-refractivity contribution in [3.05, 3.63) is 0 Å². The van der Waals surface area contributed by atoms with Gasteiger partial charge in [-0.05, 0) is 0 Å². The van der Waals surface area contributed by atoms with Crippen molar-refractivity contribution < 1.29 is 70.6 Å². The van der Waals surface area contributed by atoms with Gasteiger partial charge in [-0.15, -0.1) is 0 Å². The van der Waals surface area contributed by atoms with Crippen LogP contribution in [-0.2, 0) is 4.74 Å². The van der Waals surface area contributed by atoms with E-state index in [1.807, 2.05) is 0 Å². The molecule has 1 rings (SSSR count). The molecule has 0 radical (unpaired) electrons. The van der Waals surface area contributed by atoms with Crippen LogP contribution in [0.3, 0.4) is 0 Å². The molecule has 0 amide bonds. The van der Waals surface area contributed by atoms with Crippen LogP contribution in [0.4, 0.5) is 65.9 Å². The van der Waals surface area contributed by atoms with Gasteiger partial charge >= 0.3 is 41.7 Å². The molecule has 0 unspecified atom stereocenters. The van der Waals surface area contributed by atoms with E-state index in [1.165, 1.54) is 0 Å². The van der Waals surface area contributed by atoms with Gasteiger partial charge in [-0.25, -0.2) is 4.39 Å². The molecular formula is C10H5F15O. The topological polar surface area (TPSA) is 12.5 Å². The first-order chi connectivity index (χ1) is 11.1. The highest BCUT2D eigenvalue weighted by Gasteiger charge is 2.95. The Kier molecular flexibility index (Phi) is 5.03. The van der Waals surface area contributed by atoms with E-state index >= 15 is 0 Å². The highest BCUT2D eigenvalue weighted by atomic mass is 19.4. The van der Waals surface area contributed by atoms with Gasteiger partial charge in [0, 0.05) is 6.42 Å². The largest absolute Gasteiger partial charge is 0.438 e. The summed E-state index contributed by atoms with van der Waals surface area (Å²) in [5, 5.41) is 0. The summed E-state index contributed by atoms with van der Waals surface area (Å²) < 4.78 is 196. The number of hydrogen-bond donors (Lipinski definition) is 0. The summed E-state index contributed by atoms with van der Waals surface area (Å²) in [6.07, 6.45) is -20.1. The highest BCUT2D eigenvalue weighted by Crippen LogP contribution is 2.64. The van der Waals surface area contributed by atoms with Crippen molar-refractivity contribution >= 4 is 0 Å². The number of hydrogen-bond acceptors (Lipinski definition) is 1. The normalized spacial score (nSPS) is 21.1. The predicted octanol–water partition coefficient (Wildman–Crippen LogP) is 5.15. The zero-order chi connectivity index (χ0) is 21.2. The molecule has 0 spiro atoms. The molecular weight excluding hydrogens is 421 g/mol. The Hall–Kier alpha value is -1.09. The fourth-order valence-corrected chi connectivity index (χ4v) is 1.76. The molecule has 1 heterocycles. The van der Waals surface area contributed by atoms with Crippen molar-refractivity contribution in [2.75, 3.05) is 6.61 Å². The molecule has 1 atom stereocenters. The van der Waals surface area contributed by atoms with Crippen LogP contribution in [0.15, 0.2) is 0 Å². The van der Waals surface area contributed by atoms with Crippen molar-refractivity contribution in [2.45, 2.75) is 54.2 Å². The van der Waals surface area contributed by atoms with Crippen LogP contribution in [0.2, 0.25) is 0 Å². The summed E-state index contributed by atoms with van der Waals surface area (Å²) in [5.74, 6) is -30.2. The van der Waals surface area contributed by atoms with Gasteiger partial charge in [-0.2, -0.15) is 61.5 Å². The van der Waals surface area contributed by atoms with Crippen LogP contribution in [0.1, 0.15) is 6.42 Å². The molecule has 0 aromatic heterocycles. The quantitative estimate of drug-likeness (QED) is 0.423. The minimum Gasteiger partial charge on any atom is -0.373 e. The molecule has 0 N–H and O–H groups in total. The fraction of sp³-hybridized carbons (Fsp3) is 1.00. The summed E-state index contributed by atoms with van der Waals surface area (Å²) >= 11 is 0. The van der Waals surface area contributed by atoms with Gasteiger partial charge in [-0.1, -0.05) is 0 Å². The number of ether oxygens (including phenoxy) is 1. The average Bonchev–Trinajstić information content (AvgIpc) is 3.17. The summed E-state index contributed by atoms with van der Waals surface area (Å²) in [7, 11) is 0. The molecule has 1 fully saturated rings. The first-order valence-corrected chi connectivity index (χ1v) is 6.03. The lowest BCUT2D eigenvalue weighted by Crippen LogP contribution is -2.75. The van der Waals surface area contributed by atoms with Crippen LogP contribution in [-0.4, -0.2) is 54.4 Å². The minimum absolute atomic E-state index is 0.730. The lowest BCUT2D eigenvalue weighted by atomic mass is 9.85. The van der Waals surface area contributed by atoms with Crippen molar-refractivity contribution in [3.63, 3.8) is 0 Å². The molecule has 1 nitrogen and oxygen atoms in total. The third-order valence-electron chi connectivity index (χ3n) is 3.35. The molecule has 1 saturated heterocycles. The van der Waals surface area contributed by atoms with E-state index in [0.717, 1.165) is 0 Å². The molecule has 1 aliphatic rings. The number of rotatable bonds is 6. The fourth-order valence-electron chi connectivity index (χ4n) is 1.76. The maximum absolute atomic E-state index is 13.2. The summed E-state index contributed by atoms with van der Waals surface area (Å²) in [6.45, 7) is -0.730. The summed E-state index contributed by atoms with van der Waals surface area (Å²) in [6, 6.07) is 0. The molecule has 0 aliphatic carbocycles. The van der Waals surface area contributed by atoms with Gasteiger partial charge in [-0.3, -0.25) is 0 Å². The standard InChI is InChI=1S/C10H5F15O/c11-4(12,1-3-2-26-3)6(14,15)8(18,19)7(16,17)5(13,9(20,21)22)10(23,24)25/h3H,1-2H2/t3-/m0/s1. The molecule has 0 aromatic rings. The van der Waals surface area contributed by atoms with Gasteiger partial charge in [0.2, 0.25) is 0 Å². The van der Waals surface area contributed by atoms with Crippen molar-refractivity contribution in [2.24, 2.45) is 0 Å². The van der Waals surface area contributed by atoms with Crippen LogP contribution < -0.4 is 0 Å². The van der Waals surface area contributed by atoms with E-state index in [0.29, 0.717) is 0 Å². The third-order valence-corrected chi connectivity index (χ3v) is 3.35. The lowest BCUT2D eigenvalue weighted by Gasteiger charge is -2.43. The van der Waals surface area contributed by atoms with Crippen LogP contribution in [0, 0.1) is 0 Å². The predicted molar refractivity (Wildman–Crippen MR) is 50.1 cm³/mol. The minimum atomic E-state index is -8.35. The molecule has 156 valence electrons. The monoisotopic (exact) mass is 426 g/mol. The Morgan fingerprint density at radius 3 is 1.19 bits per heavy atom. The van der Waals surface area contributed by atoms with E-state index in [1.54, 1.807) is 0 Å². The summed E-state index contributed by atoms with van der Waals surface area (Å²) in [5.41, 5.74) is -8.24. The Morgan fingerprint density at radius 2 is 0.923 bits per heavy atom. The van der Waals surface area contributed by atoms with Gasteiger partial charge in [0.05, 0.1) is 12.7 Å². The highest BCUT2D eigenvalue weighted by molar-refractivity contribution is 5.16. The third kappa shape index (κ3) is 2.96. The van der Waals surface area contributed by atoms with Gasteiger partial charge < -0.3 is 4.74 Å². The van der Waals surface area contributed by atoms with Crippen LogP contribution in [0.5, 0.6) is 0 Å². The zero-order valence-electron chi connectivity index (χ0n) is 11.6. The maximum Gasteiger partial charge on any atom is 0.438 e. The Balaban J connectivity index is 3.54. The molecule has 1 aliphatic heterocycles. The first kappa shape index (κ1) is 23.0. The van der Waals surface area contributed by atoms with Gasteiger partial charge in [0.15, 0.2) is 0 Å². The summed E-state index contributed by atoms with van der Waals surface area (Å²) in [4.78, 5) is 0. The van der Waals surface area contributed by atoms with E-state index in [2.05, 4.69) is 4.74 Å². The SMILES string of the molecule is FC(F)(F)C(F)(C(F)(F)F)C(F)(F)C(F)(F)C(F)(F)C(F)(F)C[C@H]1CO1. The van der Waals surface area contributed by atoms with E-state index in [4.69, 9.17) is 0 Å². The van der Waals surface area contributed by atoms with Crippen molar-refractivity contribution in [1.29, 1.82) is 0 Å². The van der Waals surface area contributed by atoms with Gasteiger partial charge in [0.25, 0.3) is 0 Å². The number of alkyl halides is 15. The molecule has 16 heteroatoms. The molecule has 26 heavy (non-hydrogen) atoms. The Bertz CT molecular complexity index is 512. The van der Waals surface area contributed by atoms with Gasteiger partial charge in [0.1, 0.15) is 0 Å². The lowest BCUT2D eigenvalue weighted by molar-refractivity contribution is -0.457.